The molecular weight excluding hydrogens is 797 g/mol. The average Bonchev–Trinajstić information content (AvgIpc) is 3.60. The van der Waals surface area contributed by atoms with Gasteiger partial charge in [-0.25, -0.2) is 4.98 Å². The van der Waals surface area contributed by atoms with E-state index in [2.05, 4.69) is 220 Å². The number of terminal acetylenes is 2. The number of aryl methyl sites for hydroxylation is 1. The Balaban J connectivity index is -0.000000116. The van der Waals surface area contributed by atoms with Crippen LogP contribution in [0.4, 0.5) is 17.3 Å². The fraction of sp³-hybridized carbons (Fsp3) is 0.192. The zero-order chi connectivity index (χ0) is 45.5. The number of nitrogens with zero attached hydrogens (tertiary/aromatic N) is 7. The number of hydrogen-bond donors (Lipinski definition) is 3. The molecule has 1 saturated heterocycles. The van der Waals surface area contributed by atoms with E-state index in [0.717, 1.165) is 57.4 Å². The maximum atomic E-state index is 13.1. The van der Waals surface area contributed by atoms with Gasteiger partial charge in [-0.2, -0.15) is 5.53 Å². The van der Waals surface area contributed by atoms with Gasteiger partial charge in [0.05, 0.1) is 6.20 Å². The van der Waals surface area contributed by atoms with E-state index in [4.69, 9.17) is 29.0 Å². The summed E-state index contributed by atoms with van der Waals surface area (Å²) in [6, 6.07) is 17.0. The molecule has 0 bridgehead atoms. The Bertz CT molecular complexity index is 3110. The number of hydrogen-bond acceptors (Lipinski definition) is 7. The minimum Gasteiger partial charge on any atom is -0.342 e. The lowest BCUT2D eigenvalue weighted by molar-refractivity contribution is 0.187. The molecule has 3 aliphatic rings. The summed E-state index contributed by atoms with van der Waals surface area (Å²) in [5, 5.41) is 9.22. The highest BCUT2D eigenvalue weighted by molar-refractivity contribution is 5.67. The number of benzene rings is 2. The Labute approximate surface area is 392 Å². The zero-order valence-corrected chi connectivity index (χ0v) is 34.1. The molecule has 1 atom stereocenters. The molecule has 12 heteroatoms. The van der Waals surface area contributed by atoms with E-state index in [9.17, 15) is 4.79 Å². The monoisotopic (exact) mass is 854 g/mol. The second kappa shape index (κ2) is 26.9. The van der Waals surface area contributed by atoms with Gasteiger partial charge in [-0.1, -0.05) is 42.5 Å². The summed E-state index contributed by atoms with van der Waals surface area (Å²) < 4.78 is 0. The number of aromatic amines is 1. The van der Waals surface area contributed by atoms with Crippen LogP contribution < -0.4 is 21.1 Å². The molecule has 1 spiro atoms. The summed E-state index contributed by atoms with van der Waals surface area (Å²) in [5.74, 6) is 58.9. The Morgan fingerprint density at radius 2 is 1.17 bits per heavy atom. The number of fused-ring (bicyclic) bond motifs is 2. The van der Waals surface area contributed by atoms with Gasteiger partial charge in [0.15, 0.2) is 0 Å². The lowest BCUT2D eigenvalue weighted by atomic mass is 9.73. The molecule has 0 unspecified atom stereocenters. The first kappa shape index (κ1) is 46.6. The van der Waals surface area contributed by atoms with Crippen LogP contribution in [0.25, 0.3) is 0 Å². The van der Waals surface area contributed by atoms with Crippen molar-refractivity contribution < 1.29 is 18.5 Å². The molecule has 1 aromatic heterocycles. The van der Waals surface area contributed by atoms with Crippen LogP contribution in [0.3, 0.4) is 0 Å². The average molecular weight is 855 g/mol. The van der Waals surface area contributed by atoms with Gasteiger partial charge in [-0.15, -0.1) is 17.8 Å². The topological polar surface area (TPSA) is 169 Å². The third-order valence-electron chi connectivity index (χ3n) is 9.40. The number of piperidine rings is 1. The molecule has 0 saturated carbocycles. The van der Waals surface area contributed by atoms with Crippen molar-refractivity contribution in [2.75, 3.05) is 29.4 Å². The van der Waals surface area contributed by atoms with Crippen molar-refractivity contribution in [1.29, 1.82) is 5.53 Å². The number of nitroso groups, excluding NO2 is 1. The Hall–Kier alpha value is -10.0. The number of nitrogens with one attached hydrogen (secondary N) is 2. The first-order valence-corrected chi connectivity index (χ1v) is 19.0. The largest absolute Gasteiger partial charge is 0.342 e. The van der Waals surface area contributed by atoms with Gasteiger partial charge in [-0.05, 0) is 165 Å². The highest BCUT2D eigenvalue weighted by atomic mass is 16.3. The third kappa shape index (κ3) is 14.7. The second-order valence-corrected chi connectivity index (χ2v) is 12.9. The number of aromatic nitrogens is 2. The highest BCUT2D eigenvalue weighted by Crippen LogP contribution is 2.50. The van der Waals surface area contributed by atoms with Gasteiger partial charge in [0.1, 0.15) is 11.0 Å². The molecule has 3 heterocycles. The van der Waals surface area contributed by atoms with Gasteiger partial charge < -0.3 is 15.5 Å². The standard InChI is InChI=1S/C26H29N5O.C26H2.HN5O.13H2/c27-23-20-9-3-1-7-19(20)16-26(23)11-14-30(15-12-26)25-28-17-22(24(32)29-25)31-13-5-8-18-6-2-4-10-21(18)31;1-3-5-7-9-11-13-15-17-19-21-23-25-26-24-22-20-18-16-14-12-10-8-6-4-2;1-2-3-4-5-6;;;;;;;;;;;;;/h1-4,6-7,9-10,17,23H,5,8,11-16,27H2,(H,28,29,32);1-2H;1H;13*1H/b;;2-1?,4-3+;;;;;;;;;;;;;/t23-;;;;;;;;;;;;;;;/m1.............../s1. The molecule has 6 rings (SSSR count). The van der Waals surface area contributed by atoms with Crippen molar-refractivity contribution in [1.82, 2.24) is 9.97 Å². The Morgan fingerprint density at radius 3 is 1.62 bits per heavy atom. The minimum atomic E-state index is -0.0723. The number of para-hydroxylation sites is 1. The van der Waals surface area contributed by atoms with E-state index in [-0.39, 0.29) is 35.6 Å². The van der Waals surface area contributed by atoms with Gasteiger partial charge in [0.25, 0.3) is 5.56 Å². The summed E-state index contributed by atoms with van der Waals surface area (Å²) in [6.07, 6.45) is 16.7. The zero-order valence-electron chi connectivity index (χ0n) is 34.1. The SMILES string of the molecule is C#CC#CC#CC#CC#CC#CC#CC#CC#CC#CC#CC#CC#C.N=N/N=N/N=O.N[C@@H]1c2ccccc2CC12CCN(c1ncc(N3CCCc4ccccc43)c(=O)[nH]1)CC2.[HH].[HH].[HH].[HH].[HH].[HH].[HH].[HH].[HH].[HH].[HH].[HH].[HH]. The molecule has 2 aromatic carbocycles. The van der Waals surface area contributed by atoms with Crippen LogP contribution in [0.15, 0.2) is 80.5 Å². The van der Waals surface area contributed by atoms with E-state index in [1.54, 1.807) is 6.20 Å². The van der Waals surface area contributed by atoms with Gasteiger partial charge in [0.2, 0.25) is 5.95 Å². The van der Waals surface area contributed by atoms with Crippen LogP contribution in [0.5, 0.6) is 0 Å². The molecule has 1 fully saturated rings. The highest BCUT2D eigenvalue weighted by Gasteiger charge is 2.46. The molecule has 0 radical (unpaired) electrons. The van der Waals surface area contributed by atoms with Crippen molar-refractivity contribution in [3.8, 4) is 155 Å². The maximum Gasteiger partial charge on any atom is 0.276 e. The predicted molar refractivity (Wildman–Crippen MR) is 274 cm³/mol. The summed E-state index contributed by atoms with van der Waals surface area (Å²) in [6.45, 7) is 2.55. The van der Waals surface area contributed by atoms with Crippen LogP contribution in [-0.2, 0) is 12.8 Å². The number of anilines is 3. The quantitative estimate of drug-likeness (QED) is 0.103. The number of nitrogens with two attached hydrogens (primary N) is 1. The predicted octanol–water partition coefficient (Wildman–Crippen LogP) is 8.25. The summed E-state index contributed by atoms with van der Waals surface area (Å²) in [4.78, 5) is 34.0. The van der Waals surface area contributed by atoms with Crippen LogP contribution in [-0.4, -0.2) is 29.6 Å². The lowest BCUT2D eigenvalue weighted by Crippen LogP contribution is -2.45. The smallest absolute Gasteiger partial charge is 0.276 e. The second-order valence-electron chi connectivity index (χ2n) is 12.9. The summed E-state index contributed by atoms with van der Waals surface area (Å²) >= 11 is 0. The molecular formula is C52H58N10O2. The summed E-state index contributed by atoms with van der Waals surface area (Å²) in [5.41, 5.74) is 18.4. The fourth-order valence-electron chi connectivity index (χ4n) is 6.72. The first-order chi connectivity index (χ1) is 31.5. The van der Waals surface area contributed by atoms with Crippen molar-refractivity contribution >= 4 is 17.3 Å². The van der Waals surface area contributed by atoms with E-state index >= 15 is 0 Å². The number of rotatable bonds is 4. The first-order valence-electron chi connectivity index (χ1n) is 19.0. The van der Waals surface area contributed by atoms with E-state index in [1.807, 2.05) is 11.4 Å². The Kier molecular flexibility index (Phi) is 19.6. The molecule has 2 aliphatic heterocycles. The lowest BCUT2D eigenvalue weighted by Gasteiger charge is -2.42. The van der Waals surface area contributed by atoms with Crippen LogP contribution in [0, 0.1) is 171 Å². The molecule has 4 N–H and O–H groups in total. The van der Waals surface area contributed by atoms with Gasteiger partial charge in [0, 0.05) is 102 Å². The number of H-pyrrole nitrogens is 1. The van der Waals surface area contributed by atoms with Crippen LogP contribution in [0.1, 0.15) is 60.5 Å². The van der Waals surface area contributed by atoms with Crippen molar-refractivity contribution in [2.24, 2.45) is 32.1 Å². The molecule has 1 aliphatic carbocycles. The van der Waals surface area contributed by atoms with Gasteiger partial charge in [-0.3, -0.25) is 9.78 Å². The molecule has 328 valence electrons. The van der Waals surface area contributed by atoms with Crippen molar-refractivity contribution in [3.05, 3.63) is 86.7 Å². The molecule has 3 aromatic rings. The third-order valence-corrected chi connectivity index (χ3v) is 9.40. The maximum absolute atomic E-state index is 13.1. The normalized spacial score (nSPS) is 13.1. The van der Waals surface area contributed by atoms with E-state index < -0.39 is 0 Å². The minimum absolute atomic E-state index is 0. The van der Waals surface area contributed by atoms with Crippen molar-refractivity contribution in [2.45, 2.75) is 38.1 Å². The summed E-state index contributed by atoms with van der Waals surface area (Å²) in [7, 11) is 0. The van der Waals surface area contributed by atoms with E-state index in [1.165, 1.54) is 16.7 Å². The van der Waals surface area contributed by atoms with E-state index in [0.29, 0.717) is 11.6 Å². The van der Waals surface area contributed by atoms with Crippen LogP contribution >= 0.6 is 0 Å². The van der Waals surface area contributed by atoms with Gasteiger partial charge >= 0.3 is 0 Å². The fourth-order valence-corrected chi connectivity index (χ4v) is 6.72. The Morgan fingerprint density at radius 1 is 0.688 bits per heavy atom. The van der Waals surface area contributed by atoms with Crippen molar-refractivity contribution in [3.63, 3.8) is 0 Å². The molecule has 0 amide bonds. The molecule has 64 heavy (non-hydrogen) atoms. The van der Waals surface area contributed by atoms with Crippen LogP contribution in [0.2, 0.25) is 0 Å². The molecule has 12 nitrogen and oxygen atoms in total.